The van der Waals surface area contributed by atoms with Crippen LogP contribution < -0.4 is 5.73 Å². The quantitative estimate of drug-likeness (QED) is 0.580. The van der Waals surface area contributed by atoms with E-state index in [-0.39, 0.29) is 6.54 Å². The van der Waals surface area contributed by atoms with Crippen LogP contribution in [-0.4, -0.2) is 41.7 Å². The molecule has 64 valence electrons. The molecule has 0 radical (unpaired) electrons. The van der Waals surface area contributed by atoms with Crippen LogP contribution in [0, 0.1) is 0 Å². The van der Waals surface area contributed by atoms with Crippen LogP contribution in [0.15, 0.2) is 0 Å². The molecule has 1 heterocycles. The summed E-state index contributed by atoms with van der Waals surface area (Å²) in [7, 11) is 0. The molecule has 4 heteroatoms. The van der Waals surface area contributed by atoms with Crippen LogP contribution in [-0.2, 0) is 4.79 Å². The predicted molar refractivity (Wildman–Crippen MR) is 41.3 cm³/mol. The standard InChI is InChI=1S/C7H14N2O2/c8-5-6(7(10)11)9-3-1-2-4-9/h6H,1-5,8H2,(H,10,11). The second-order valence-corrected chi connectivity index (χ2v) is 2.83. The molecule has 0 aliphatic carbocycles. The summed E-state index contributed by atoms with van der Waals surface area (Å²) in [5.74, 6) is -0.797. The van der Waals surface area contributed by atoms with Crippen molar-refractivity contribution >= 4 is 5.97 Å². The van der Waals surface area contributed by atoms with Gasteiger partial charge in [-0.25, -0.2) is 0 Å². The van der Waals surface area contributed by atoms with E-state index in [4.69, 9.17) is 10.8 Å². The third kappa shape index (κ3) is 1.91. The first kappa shape index (κ1) is 8.49. The molecule has 3 N–H and O–H groups in total. The van der Waals surface area contributed by atoms with E-state index in [1.54, 1.807) is 0 Å². The number of nitrogens with two attached hydrogens (primary N) is 1. The van der Waals surface area contributed by atoms with E-state index in [0.29, 0.717) is 0 Å². The molecule has 1 aliphatic rings. The third-order valence-electron chi connectivity index (χ3n) is 2.09. The molecule has 0 aromatic carbocycles. The van der Waals surface area contributed by atoms with Crippen molar-refractivity contribution in [3.05, 3.63) is 0 Å². The number of carboxylic acids is 1. The Morgan fingerprint density at radius 3 is 2.45 bits per heavy atom. The maximum Gasteiger partial charge on any atom is 0.322 e. The lowest BCUT2D eigenvalue weighted by Crippen LogP contribution is -2.44. The zero-order valence-corrected chi connectivity index (χ0v) is 6.49. The monoisotopic (exact) mass is 158 g/mol. The second kappa shape index (κ2) is 3.69. The highest BCUT2D eigenvalue weighted by Gasteiger charge is 2.25. The van der Waals surface area contributed by atoms with Gasteiger partial charge in [-0.2, -0.15) is 0 Å². The van der Waals surface area contributed by atoms with Gasteiger partial charge in [0.15, 0.2) is 0 Å². The Hall–Kier alpha value is -0.610. The molecule has 1 unspecified atom stereocenters. The molecular weight excluding hydrogens is 144 g/mol. The van der Waals surface area contributed by atoms with Crippen molar-refractivity contribution in [1.29, 1.82) is 0 Å². The van der Waals surface area contributed by atoms with E-state index in [2.05, 4.69) is 0 Å². The maximum atomic E-state index is 10.6. The first-order valence-corrected chi connectivity index (χ1v) is 3.92. The van der Waals surface area contributed by atoms with Crippen molar-refractivity contribution in [2.45, 2.75) is 18.9 Å². The summed E-state index contributed by atoms with van der Waals surface area (Å²) in [6.45, 7) is 1.98. The number of carbonyl (C=O) groups is 1. The summed E-state index contributed by atoms with van der Waals surface area (Å²) in [5, 5.41) is 8.71. The van der Waals surface area contributed by atoms with Gasteiger partial charge in [0.1, 0.15) is 6.04 Å². The van der Waals surface area contributed by atoms with Crippen molar-refractivity contribution in [3.8, 4) is 0 Å². The Bertz CT molecular complexity index is 143. The van der Waals surface area contributed by atoms with Gasteiger partial charge in [-0.05, 0) is 25.9 Å². The SMILES string of the molecule is NCC(C(=O)O)N1CCCC1. The van der Waals surface area contributed by atoms with Gasteiger partial charge < -0.3 is 10.8 Å². The third-order valence-corrected chi connectivity index (χ3v) is 2.09. The van der Waals surface area contributed by atoms with E-state index in [0.717, 1.165) is 25.9 Å². The molecule has 0 aromatic heterocycles. The van der Waals surface area contributed by atoms with Crippen molar-refractivity contribution in [2.24, 2.45) is 5.73 Å². The topological polar surface area (TPSA) is 66.6 Å². The minimum atomic E-state index is -0.797. The lowest BCUT2D eigenvalue weighted by atomic mass is 10.2. The first-order chi connectivity index (χ1) is 5.25. The van der Waals surface area contributed by atoms with Crippen molar-refractivity contribution in [3.63, 3.8) is 0 Å². The molecule has 0 bridgehead atoms. The van der Waals surface area contributed by atoms with Gasteiger partial charge in [0.2, 0.25) is 0 Å². The van der Waals surface area contributed by atoms with Crippen LogP contribution in [0.4, 0.5) is 0 Å². The largest absolute Gasteiger partial charge is 0.480 e. The summed E-state index contributed by atoms with van der Waals surface area (Å²) in [4.78, 5) is 12.5. The maximum absolute atomic E-state index is 10.6. The van der Waals surface area contributed by atoms with Crippen molar-refractivity contribution in [1.82, 2.24) is 4.90 Å². The van der Waals surface area contributed by atoms with Crippen LogP contribution in [0.3, 0.4) is 0 Å². The highest BCUT2D eigenvalue weighted by atomic mass is 16.4. The number of rotatable bonds is 3. The zero-order valence-electron chi connectivity index (χ0n) is 6.49. The molecule has 11 heavy (non-hydrogen) atoms. The molecule has 0 aromatic rings. The normalized spacial score (nSPS) is 21.9. The highest BCUT2D eigenvalue weighted by Crippen LogP contribution is 2.10. The smallest absolute Gasteiger partial charge is 0.322 e. The highest BCUT2D eigenvalue weighted by molar-refractivity contribution is 5.73. The van der Waals surface area contributed by atoms with Crippen molar-refractivity contribution in [2.75, 3.05) is 19.6 Å². The van der Waals surface area contributed by atoms with E-state index < -0.39 is 12.0 Å². The summed E-state index contributed by atoms with van der Waals surface area (Å²) >= 11 is 0. The molecule has 0 spiro atoms. The Balaban J connectivity index is 2.46. The van der Waals surface area contributed by atoms with Crippen LogP contribution >= 0.6 is 0 Å². The minimum absolute atomic E-state index is 0.218. The number of nitrogens with zero attached hydrogens (tertiary/aromatic N) is 1. The van der Waals surface area contributed by atoms with Gasteiger partial charge >= 0.3 is 5.97 Å². The summed E-state index contributed by atoms with van der Waals surface area (Å²) < 4.78 is 0. The van der Waals surface area contributed by atoms with Gasteiger partial charge in [0, 0.05) is 6.54 Å². The molecule has 1 atom stereocenters. The van der Waals surface area contributed by atoms with E-state index in [1.165, 1.54) is 0 Å². The fourth-order valence-corrected chi connectivity index (χ4v) is 1.46. The Morgan fingerprint density at radius 2 is 2.09 bits per heavy atom. The fourth-order valence-electron chi connectivity index (χ4n) is 1.46. The number of hydrogen-bond acceptors (Lipinski definition) is 3. The van der Waals surface area contributed by atoms with Gasteiger partial charge in [0.05, 0.1) is 0 Å². The Kier molecular flexibility index (Phi) is 2.84. The summed E-state index contributed by atoms with van der Waals surface area (Å²) in [6, 6.07) is -0.461. The fraction of sp³-hybridized carbons (Fsp3) is 0.857. The molecule has 0 amide bonds. The number of aliphatic carboxylic acids is 1. The average Bonchev–Trinajstić information content (AvgIpc) is 2.40. The molecular formula is C7H14N2O2. The number of likely N-dealkylation sites (tertiary alicyclic amines) is 1. The van der Waals surface area contributed by atoms with Gasteiger partial charge in [0.25, 0.3) is 0 Å². The predicted octanol–water partition coefficient (Wildman–Crippen LogP) is -0.506. The lowest BCUT2D eigenvalue weighted by molar-refractivity contribution is -0.142. The first-order valence-electron chi connectivity index (χ1n) is 3.92. The van der Waals surface area contributed by atoms with E-state index >= 15 is 0 Å². The Labute approximate surface area is 66.0 Å². The van der Waals surface area contributed by atoms with Gasteiger partial charge in [-0.3, -0.25) is 9.69 Å². The van der Waals surface area contributed by atoms with E-state index in [9.17, 15) is 4.79 Å². The van der Waals surface area contributed by atoms with Crippen LogP contribution in [0.2, 0.25) is 0 Å². The van der Waals surface area contributed by atoms with E-state index in [1.807, 2.05) is 4.90 Å². The molecule has 1 rings (SSSR count). The number of hydrogen-bond donors (Lipinski definition) is 2. The van der Waals surface area contributed by atoms with Gasteiger partial charge in [-0.1, -0.05) is 0 Å². The van der Waals surface area contributed by atoms with Crippen molar-refractivity contribution < 1.29 is 9.90 Å². The molecule has 1 fully saturated rings. The second-order valence-electron chi connectivity index (χ2n) is 2.83. The summed E-state index contributed by atoms with van der Waals surface area (Å²) in [5.41, 5.74) is 5.33. The van der Waals surface area contributed by atoms with Gasteiger partial charge in [-0.15, -0.1) is 0 Å². The molecule has 4 nitrogen and oxygen atoms in total. The Morgan fingerprint density at radius 1 is 1.55 bits per heavy atom. The minimum Gasteiger partial charge on any atom is -0.480 e. The van der Waals surface area contributed by atoms with Crippen LogP contribution in [0.5, 0.6) is 0 Å². The average molecular weight is 158 g/mol. The number of carboxylic acid groups (broad SMARTS) is 1. The zero-order chi connectivity index (χ0) is 8.27. The lowest BCUT2D eigenvalue weighted by Gasteiger charge is -2.21. The van der Waals surface area contributed by atoms with Crippen LogP contribution in [0.1, 0.15) is 12.8 Å². The molecule has 0 saturated carbocycles. The van der Waals surface area contributed by atoms with Crippen LogP contribution in [0.25, 0.3) is 0 Å². The summed E-state index contributed by atoms with van der Waals surface area (Å²) in [6.07, 6.45) is 2.20. The molecule has 1 saturated heterocycles. The molecule has 1 aliphatic heterocycles.